The van der Waals surface area contributed by atoms with Crippen LogP contribution in [0.5, 0.6) is 0 Å². The zero-order valence-electron chi connectivity index (χ0n) is 17.8. The molecule has 1 aliphatic heterocycles. The van der Waals surface area contributed by atoms with Gasteiger partial charge in [0.1, 0.15) is 6.07 Å². The van der Waals surface area contributed by atoms with Crippen molar-refractivity contribution in [2.75, 3.05) is 22.0 Å². The van der Waals surface area contributed by atoms with Crippen molar-refractivity contribution in [3.63, 3.8) is 0 Å². The molecule has 0 fully saturated rings. The first-order valence-electron chi connectivity index (χ1n) is 10.2. The molecule has 0 saturated carbocycles. The molecule has 1 aromatic heterocycles. The Labute approximate surface area is 191 Å². The third kappa shape index (κ3) is 4.01. The molecule has 3 aromatic rings. The molecule has 158 valence electrons. The Kier molecular flexibility index (Phi) is 5.95. The molecule has 2 aromatic carbocycles. The second kappa shape index (κ2) is 8.66. The smallest absolute Gasteiger partial charge is 0.178 e. The van der Waals surface area contributed by atoms with Gasteiger partial charge in [-0.3, -0.25) is 0 Å². The van der Waals surface area contributed by atoms with Gasteiger partial charge in [-0.1, -0.05) is 0 Å². The van der Waals surface area contributed by atoms with Gasteiger partial charge in [0, 0.05) is 12.1 Å². The molecule has 2 heterocycles. The summed E-state index contributed by atoms with van der Waals surface area (Å²) in [6, 6.07) is 14.9. The second-order valence-electron chi connectivity index (χ2n) is 8.07. The summed E-state index contributed by atoms with van der Waals surface area (Å²) < 4.78 is 2.65. The third-order valence-electron chi connectivity index (χ3n) is 5.60. The Balaban J connectivity index is 1.69. The van der Waals surface area contributed by atoms with Gasteiger partial charge in [-0.15, -0.1) is 11.8 Å². The number of nitrogens with one attached hydrogen (secondary N) is 2. The number of thioether (sulfide) groups is 1. The molecule has 1 unspecified atom stereocenters. The van der Waals surface area contributed by atoms with E-state index in [9.17, 15) is 10.5 Å². The van der Waals surface area contributed by atoms with Crippen molar-refractivity contribution in [2.45, 2.75) is 39.3 Å². The van der Waals surface area contributed by atoms with Gasteiger partial charge in [0.25, 0.3) is 0 Å². The lowest BCUT2D eigenvalue weighted by Gasteiger charge is -2.31. The zero-order valence-corrected chi connectivity index (χ0v) is 19.4. The number of rotatable bonds is 4. The van der Waals surface area contributed by atoms with Gasteiger partial charge in [0.15, 0.2) is 4.77 Å². The van der Waals surface area contributed by atoms with Crippen molar-refractivity contribution in [1.29, 1.82) is 10.5 Å². The van der Waals surface area contributed by atoms with E-state index in [-0.39, 0.29) is 12.1 Å². The van der Waals surface area contributed by atoms with Crippen molar-refractivity contribution >= 4 is 46.4 Å². The highest BCUT2D eigenvalue weighted by atomic mass is 32.2. The molecule has 0 amide bonds. The number of hydrogen-bond donors (Lipinski definition) is 2. The van der Waals surface area contributed by atoms with E-state index < -0.39 is 0 Å². The lowest BCUT2D eigenvalue weighted by molar-refractivity contribution is 0.609. The van der Waals surface area contributed by atoms with Crippen LogP contribution in [0.15, 0.2) is 30.3 Å². The lowest BCUT2D eigenvalue weighted by Crippen LogP contribution is -2.34. The van der Waals surface area contributed by atoms with E-state index in [0.717, 1.165) is 46.1 Å². The second-order valence-corrected chi connectivity index (χ2v) is 9.41. The Hall–Kier alpha value is -2.94. The Morgan fingerprint density at radius 3 is 2.68 bits per heavy atom. The number of fused-ring (bicyclic) bond motifs is 2. The topological polar surface area (TPSA) is 83.6 Å². The Morgan fingerprint density at radius 1 is 1.16 bits per heavy atom. The van der Waals surface area contributed by atoms with Crippen molar-refractivity contribution in [2.24, 2.45) is 0 Å². The number of aromatic amines is 1. The molecule has 0 bridgehead atoms. The van der Waals surface area contributed by atoms with Crippen molar-refractivity contribution in [1.82, 2.24) is 9.55 Å². The van der Waals surface area contributed by atoms with Crippen molar-refractivity contribution in [3.8, 4) is 12.1 Å². The molecular formula is C23H24N6S2. The number of imidazole rings is 1. The fourth-order valence-electron chi connectivity index (χ4n) is 4.18. The van der Waals surface area contributed by atoms with Crippen LogP contribution < -0.4 is 10.2 Å². The van der Waals surface area contributed by atoms with E-state index in [1.54, 1.807) is 0 Å². The van der Waals surface area contributed by atoms with Gasteiger partial charge in [0.05, 0.1) is 51.4 Å². The minimum absolute atomic E-state index is 0.176. The van der Waals surface area contributed by atoms with E-state index in [4.69, 9.17) is 12.2 Å². The van der Waals surface area contributed by atoms with Gasteiger partial charge in [-0.2, -0.15) is 10.5 Å². The minimum Gasteiger partial charge on any atom is -0.374 e. The Bertz CT molecular complexity index is 1270. The number of nitrogens with zero attached hydrogens (tertiary/aromatic N) is 4. The highest BCUT2D eigenvalue weighted by Crippen LogP contribution is 2.34. The molecule has 6 nitrogen and oxygen atoms in total. The largest absolute Gasteiger partial charge is 0.374 e. The predicted molar refractivity (Wildman–Crippen MR) is 130 cm³/mol. The van der Waals surface area contributed by atoms with Gasteiger partial charge < -0.3 is 19.8 Å². The summed E-state index contributed by atoms with van der Waals surface area (Å²) in [5.41, 5.74) is 6.27. The molecule has 4 rings (SSSR count). The molecule has 0 radical (unpaired) electrons. The van der Waals surface area contributed by atoms with Gasteiger partial charge >= 0.3 is 0 Å². The van der Waals surface area contributed by atoms with Crippen molar-refractivity contribution < 1.29 is 0 Å². The molecule has 31 heavy (non-hydrogen) atoms. The van der Waals surface area contributed by atoms with E-state index in [1.807, 2.05) is 40.6 Å². The number of aromatic nitrogens is 2. The number of H-pyrrole nitrogens is 1. The first-order chi connectivity index (χ1) is 14.9. The first kappa shape index (κ1) is 21.3. The van der Waals surface area contributed by atoms with Crippen LogP contribution in [0.2, 0.25) is 0 Å². The van der Waals surface area contributed by atoms with Crippen LogP contribution in [0.4, 0.5) is 11.4 Å². The van der Waals surface area contributed by atoms with E-state index >= 15 is 0 Å². The van der Waals surface area contributed by atoms with Crippen LogP contribution in [0.3, 0.4) is 0 Å². The van der Waals surface area contributed by atoms with Crippen LogP contribution in [-0.2, 0) is 6.42 Å². The summed E-state index contributed by atoms with van der Waals surface area (Å²) in [6.07, 6.45) is 0.790. The molecule has 0 saturated heterocycles. The molecule has 8 heteroatoms. The average molecular weight is 449 g/mol. The number of benzene rings is 2. The highest BCUT2D eigenvalue weighted by Gasteiger charge is 2.22. The maximum atomic E-state index is 9.82. The van der Waals surface area contributed by atoms with Gasteiger partial charge in [-0.05, 0) is 75.3 Å². The third-order valence-corrected chi connectivity index (χ3v) is 6.71. The van der Waals surface area contributed by atoms with Gasteiger partial charge in [-0.25, -0.2) is 0 Å². The number of hydrogen-bond acceptors (Lipinski definition) is 6. The fourth-order valence-corrected chi connectivity index (χ4v) is 5.53. The quantitative estimate of drug-likeness (QED) is 0.510. The summed E-state index contributed by atoms with van der Waals surface area (Å²) in [5, 5.41) is 22.5. The van der Waals surface area contributed by atoms with Crippen LogP contribution in [0.25, 0.3) is 11.0 Å². The summed E-state index contributed by atoms with van der Waals surface area (Å²) in [4.78, 5) is 5.64. The summed E-state index contributed by atoms with van der Waals surface area (Å²) in [5.74, 6) is 1.65. The molecule has 1 atom stereocenters. The lowest BCUT2D eigenvalue weighted by atomic mass is 10.0. The van der Waals surface area contributed by atoms with Crippen LogP contribution in [0, 0.1) is 27.4 Å². The van der Waals surface area contributed by atoms with Crippen LogP contribution in [-0.4, -0.2) is 27.3 Å². The minimum atomic E-state index is 0.176. The predicted octanol–water partition coefficient (Wildman–Crippen LogP) is 5.53. The molecule has 1 aliphatic rings. The fraction of sp³-hybridized carbons (Fsp3) is 0.348. The normalized spacial score (nSPS) is 14.5. The molecular weight excluding hydrogens is 424 g/mol. The standard InChI is InChI=1S/C23H24N6S2/c1-14(2)29-22-18(11-25)7-17(9-20(22)27-23(29)30)6-15(3)28-13-31-12-26-19-8-16(10-24)4-5-21(19)28/h4-5,7-9,14-15,26H,6,12-13H2,1-3H3,(H,27,30). The Morgan fingerprint density at radius 2 is 1.97 bits per heavy atom. The van der Waals surface area contributed by atoms with E-state index in [1.165, 1.54) is 0 Å². The number of nitriles is 2. The van der Waals surface area contributed by atoms with Crippen LogP contribution >= 0.6 is 24.0 Å². The molecule has 0 spiro atoms. The molecule has 2 N–H and O–H groups in total. The first-order valence-corrected chi connectivity index (χ1v) is 11.8. The maximum absolute atomic E-state index is 9.82. The summed E-state index contributed by atoms with van der Waals surface area (Å²) in [7, 11) is 0. The summed E-state index contributed by atoms with van der Waals surface area (Å²) >= 11 is 7.31. The SMILES string of the molecule is CC(Cc1cc(C#N)c2c(c1)[nH]c(=S)n2C(C)C)N1CSCNc2cc(C#N)ccc21. The summed E-state index contributed by atoms with van der Waals surface area (Å²) in [6.45, 7) is 6.34. The van der Waals surface area contributed by atoms with E-state index in [0.29, 0.717) is 15.9 Å². The monoisotopic (exact) mass is 448 g/mol. The molecule has 0 aliphatic carbocycles. The van der Waals surface area contributed by atoms with Crippen LogP contribution in [0.1, 0.15) is 43.5 Å². The number of anilines is 2. The van der Waals surface area contributed by atoms with Gasteiger partial charge in [0.2, 0.25) is 0 Å². The van der Waals surface area contributed by atoms with E-state index in [2.05, 4.69) is 54.2 Å². The maximum Gasteiger partial charge on any atom is 0.178 e. The average Bonchev–Trinajstić information content (AvgIpc) is 2.94. The zero-order chi connectivity index (χ0) is 22.1. The highest BCUT2D eigenvalue weighted by molar-refractivity contribution is 7.99. The van der Waals surface area contributed by atoms with Crippen molar-refractivity contribution in [3.05, 3.63) is 51.8 Å².